The number of tetrazole rings is 1. The van der Waals surface area contributed by atoms with Crippen molar-refractivity contribution < 1.29 is 4.79 Å². The average Bonchev–Trinajstić information content (AvgIpc) is 3.35. The fourth-order valence-corrected chi connectivity index (χ4v) is 2.71. The van der Waals surface area contributed by atoms with Gasteiger partial charge in [-0.1, -0.05) is 35.5 Å². The molecular weight excluding hydrogens is 344 g/mol. The van der Waals surface area contributed by atoms with E-state index in [-0.39, 0.29) is 11.6 Å². The van der Waals surface area contributed by atoms with Gasteiger partial charge < -0.3 is 5.32 Å². The first-order chi connectivity index (χ1) is 13.2. The topological polar surface area (TPSA) is 103 Å². The van der Waals surface area contributed by atoms with E-state index in [9.17, 15) is 4.79 Å². The number of amides is 1. The number of benzene rings is 2. The first-order valence-corrected chi connectivity index (χ1v) is 8.28. The zero-order valence-corrected chi connectivity index (χ0v) is 14.5. The summed E-state index contributed by atoms with van der Waals surface area (Å²) < 4.78 is 3.20. The third-order valence-corrected chi connectivity index (χ3v) is 4.01. The molecule has 0 spiro atoms. The molecule has 134 valence electrons. The molecule has 0 radical (unpaired) electrons. The number of aryl methyl sites for hydroxylation is 1. The lowest BCUT2D eigenvalue weighted by Crippen LogP contribution is -2.13. The van der Waals surface area contributed by atoms with Crippen molar-refractivity contribution in [3.05, 3.63) is 77.9 Å². The first-order valence-electron chi connectivity index (χ1n) is 8.28. The van der Waals surface area contributed by atoms with Gasteiger partial charge >= 0.3 is 0 Å². The van der Waals surface area contributed by atoms with Crippen molar-refractivity contribution in [2.24, 2.45) is 0 Å². The molecule has 1 amide bonds. The van der Waals surface area contributed by atoms with Crippen molar-refractivity contribution in [3.63, 3.8) is 0 Å². The highest BCUT2D eigenvalue weighted by molar-refractivity contribution is 6.02. The van der Waals surface area contributed by atoms with Crippen LogP contribution < -0.4 is 5.32 Å². The summed E-state index contributed by atoms with van der Waals surface area (Å²) in [5, 5.41) is 21.9. The maximum Gasteiger partial charge on any atom is 0.277 e. The van der Waals surface area contributed by atoms with Crippen molar-refractivity contribution in [1.82, 2.24) is 35.2 Å². The molecule has 27 heavy (non-hydrogen) atoms. The molecule has 0 aliphatic rings. The molecule has 0 fully saturated rings. The van der Waals surface area contributed by atoms with Crippen LogP contribution >= 0.6 is 0 Å². The zero-order chi connectivity index (χ0) is 18.6. The van der Waals surface area contributed by atoms with E-state index >= 15 is 0 Å². The van der Waals surface area contributed by atoms with Crippen LogP contribution in [-0.4, -0.2) is 41.1 Å². The molecule has 2 heterocycles. The smallest absolute Gasteiger partial charge is 0.277 e. The average molecular weight is 360 g/mol. The molecule has 0 unspecified atom stereocenters. The number of nitrogens with zero attached hydrogens (tertiary/aromatic N) is 7. The normalized spacial score (nSPS) is 10.7. The minimum absolute atomic E-state index is 0.258. The molecule has 4 aromatic rings. The standard InChI is InChI=1S/C18H16N8O/c1-13-9-15(7-8-17(13)26-12-19-22-24-26)20-18(27)16-11-25(23-21-16)10-14-5-3-2-4-6-14/h2-9,11-12H,10H2,1H3,(H,20,27). The Kier molecular flexibility index (Phi) is 4.40. The second kappa shape index (κ2) is 7.16. The molecule has 0 aliphatic heterocycles. The zero-order valence-electron chi connectivity index (χ0n) is 14.5. The van der Waals surface area contributed by atoms with E-state index in [2.05, 4.69) is 31.2 Å². The van der Waals surface area contributed by atoms with Crippen LogP contribution in [-0.2, 0) is 6.54 Å². The van der Waals surface area contributed by atoms with Gasteiger partial charge in [0.2, 0.25) is 0 Å². The number of hydrogen-bond donors (Lipinski definition) is 1. The summed E-state index contributed by atoms with van der Waals surface area (Å²) >= 11 is 0. The Morgan fingerprint density at radius 3 is 2.70 bits per heavy atom. The van der Waals surface area contributed by atoms with Crippen LogP contribution in [0.3, 0.4) is 0 Å². The third-order valence-electron chi connectivity index (χ3n) is 4.01. The summed E-state index contributed by atoms with van der Waals surface area (Å²) in [5.41, 5.74) is 3.77. The lowest BCUT2D eigenvalue weighted by molar-refractivity contribution is 0.102. The summed E-state index contributed by atoms with van der Waals surface area (Å²) in [7, 11) is 0. The number of carbonyl (C=O) groups excluding carboxylic acids is 1. The minimum atomic E-state index is -0.316. The van der Waals surface area contributed by atoms with Crippen LogP contribution in [0.15, 0.2) is 61.1 Å². The highest BCUT2D eigenvalue weighted by Crippen LogP contribution is 2.18. The van der Waals surface area contributed by atoms with Crippen molar-refractivity contribution in [3.8, 4) is 5.69 Å². The predicted octanol–water partition coefficient (Wildman–Crippen LogP) is 1.86. The molecule has 4 rings (SSSR count). The molecular formula is C18H16N8O. The minimum Gasteiger partial charge on any atom is -0.321 e. The lowest BCUT2D eigenvalue weighted by atomic mass is 10.1. The highest BCUT2D eigenvalue weighted by Gasteiger charge is 2.12. The van der Waals surface area contributed by atoms with Crippen LogP contribution in [0.4, 0.5) is 5.69 Å². The van der Waals surface area contributed by atoms with Gasteiger partial charge in [-0.3, -0.25) is 4.79 Å². The highest BCUT2D eigenvalue weighted by atomic mass is 16.2. The summed E-state index contributed by atoms with van der Waals surface area (Å²) in [6.45, 7) is 2.48. The van der Waals surface area contributed by atoms with Crippen LogP contribution in [0.1, 0.15) is 21.6 Å². The van der Waals surface area contributed by atoms with E-state index in [1.54, 1.807) is 21.6 Å². The van der Waals surface area contributed by atoms with Gasteiger partial charge in [0, 0.05) is 5.69 Å². The first kappa shape index (κ1) is 16.6. The molecule has 2 aromatic carbocycles. The Hall–Kier alpha value is -3.88. The van der Waals surface area contributed by atoms with Crippen molar-refractivity contribution in [1.29, 1.82) is 0 Å². The van der Waals surface area contributed by atoms with Gasteiger partial charge in [-0.05, 0) is 46.7 Å². The molecule has 1 N–H and O–H groups in total. The van der Waals surface area contributed by atoms with Crippen LogP contribution in [0.5, 0.6) is 0 Å². The van der Waals surface area contributed by atoms with E-state index in [4.69, 9.17) is 0 Å². The van der Waals surface area contributed by atoms with Gasteiger partial charge in [-0.25, -0.2) is 9.36 Å². The van der Waals surface area contributed by atoms with Gasteiger partial charge in [0.05, 0.1) is 18.4 Å². The van der Waals surface area contributed by atoms with Gasteiger partial charge in [0.25, 0.3) is 5.91 Å². The molecule has 0 atom stereocenters. The van der Waals surface area contributed by atoms with Crippen LogP contribution in [0, 0.1) is 6.92 Å². The molecule has 0 saturated heterocycles. The fraction of sp³-hybridized carbons (Fsp3) is 0.111. The Balaban J connectivity index is 1.46. The van der Waals surface area contributed by atoms with E-state index in [1.165, 1.54) is 6.33 Å². The van der Waals surface area contributed by atoms with Crippen molar-refractivity contribution >= 4 is 11.6 Å². The van der Waals surface area contributed by atoms with E-state index in [0.717, 1.165) is 16.8 Å². The second-order valence-corrected chi connectivity index (χ2v) is 6.00. The molecule has 0 bridgehead atoms. The van der Waals surface area contributed by atoms with Crippen molar-refractivity contribution in [2.75, 3.05) is 5.32 Å². The lowest BCUT2D eigenvalue weighted by Gasteiger charge is -2.08. The van der Waals surface area contributed by atoms with E-state index < -0.39 is 0 Å². The van der Waals surface area contributed by atoms with Crippen molar-refractivity contribution in [2.45, 2.75) is 13.5 Å². The molecule has 9 heteroatoms. The predicted molar refractivity (Wildman–Crippen MR) is 97.4 cm³/mol. The second-order valence-electron chi connectivity index (χ2n) is 6.00. The van der Waals surface area contributed by atoms with Gasteiger partial charge in [-0.2, -0.15) is 0 Å². The summed E-state index contributed by atoms with van der Waals surface area (Å²) in [4.78, 5) is 12.4. The number of rotatable bonds is 5. The van der Waals surface area contributed by atoms with Crippen LogP contribution in [0.2, 0.25) is 0 Å². The number of hydrogen-bond acceptors (Lipinski definition) is 6. The Morgan fingerprint density at radius 1 is 1.11 bits per heavy atom. The molecule has 2 aromatic heterocycles. The Morgan fingerprint density at radius 2 is 1.96 bits per heavy atom. The summed E-state index contributed by atoms with van der Waals surface area (Å²) in [5.74, 6) is -0.316. The number of carbonyl (C=O) groups is 1. The Bertz CT molecular complexity index is 1060. The summed E-state index contributed by atoms with van der Waals surface area (Å²) in [6, 6.07) is 15.3. The number of aromatic nitrogens is 7. The maximum absolute atomic E-state index is 12.4. The fourth-order valence-electron chi connectivity index (χ4n) is 2.71. The van der Waals surface area contributed by atoms with Gasteiger partial charge in [0.1, 0.15) is 6.33 Å². The molecule has 0 aliphatic carbocycles. The van der Waals surface area contributed by atoms with E-state index in [0.29, 0.717) is 12.2 Å². The van der Waals surface area contributed by atoms with Gasteiger partial charge in [-0.15, -0.1) is 10.2 Å². The maximum atomic E-state index is 12.4. The quantitative estimate of drug-likeness (QED) is 0.583. The largest absolute Gasteiger partial charge is 0.321 e. The van der Waals surface area contributed by atoms with E-state index in [1.807, 2.05) is 49.4 Å². The van der Waals surface area contributed by atoms with Gasteiger partial charge in [0.15, 0.2) is 5.69 Å². The van der Waals surface area contributed by atoms with Crippen LogP contribution in [0.25, 0.3) is 5.69 Å². The molecule has 9 nitrogen and oxygen atoms in total. The summed E-state index contributed by atoms with van der Waals surface area (Å²) in [6.07, 6.45) is 3.15. The Labute approximate surface area is 154 Å². The SMILES string of the molecule is Cc1cc(NC(=O)c2cn(Cc3ccccc3)nn2)ccc1-n1cnnn1. The number of nitrogens with one attached hydrogen (secondary N) is 1. The third kappa shape index (κ3) is 3.71. The monoisotopic (exact) mass is 360 g/mol. The molecule has 0 saturated carbocycles. The number of anilines is 1.